The fourth-order valence-electron chi connectivity index (χ4n) is 0.856. The van der Waals surface area contributed by atoms with Gasteiger partial charge in [0.1, 0.15) is 11.4 Å². The van der Waals surface area contributed by atoms with Gasteiger partial charge in [-0.1, -0.05) is 11.6 Å². The minimum Gasteiger partial charge on any atom is -0.478 e. The summed E-state index contributed by atoms with van der Waals surface area (Å²) < 4.78 is 13.1. The molecule has 13 heavy (non-hydrogen) atoms. The first-order chi connectivity index (χ1) is 6.07. The molecule has 1 rings (SSSR count). The van der Waals surface area contributed by atoms with E-state index in [0.29, 0.717) is 0 Å². The van der Waals surface area contributed by atoms with Gasteiger partial charge in [0.15, 0.2) is 6.29 Å². The van der Waals surface area contributed by atoms with Crippen molar-refractivity contribution in [2.45, 2.75) is 0 Å². The molecule has 1 aromatic carbocycles. The zero-order valence-corrected chi connectivity index (χ0v) is 7.01. The number of rotatable bonds is 2. The molecule has 0 radical (unpaired) electrons. The summed E-state index contributed by atoms with van der Waals surface area (Å²) in [6, 6.07) is 2.29. The Labute approximate surface area is 77.7 Å². The number of carboxylic acids is 1. The van der Waals surface area contributed by atoms with E-state index < -0.39 is 17.3 Å². The van der Waals surface area contributed by atoms with E-state index in [1.54, 1.807) is 0 Å². The molecule has 0 aromatic heterocycles. The number of aromatic carboxylic acids is 1. The second-order valence-corrected chi connectivity index (χ2v) is 2.66. The number of carbonyl (C=O) groups is 2. The van der Waals surface area contributed by atoms with Crippen molar-refractivity contribution in [3.8, 4) is 0 Å². The molecular weight excluding hydrogens is 199 g/mol. The lowest BCUT2D eigenvalue weighted by Crippen LogP contribution is -2.04. The normalized spacial score (nSPS) is 9.69. The number of carbonyl (C=O) groups excluding carboxylic acids is 1. The number of halogens is 2. The van der Waals surface area contributed by atoms with Crippen LogP contribution in [-0.2, 0) is 0 Å². The van der Waals surface area contributed by atoms with Gasteiger partial charge in [0.2, 0.25) is 0 Å². The molecule has 0 fully saturated rings. The summed E-state index contributed by atoms with van der Waals surface area (Å²) >= 11 is 5.42. The van der Waals surface area contributed by atoms with Crippen LogP contribution in [0, 0.1) is 5.82 Å². The van der Waals surface area contributed by atoms with Gasteiger partial charge in [-0.15, -0.1) is 0 Å². The smallest absolute Gasteiger partial charge is 0.340 e. The van der Waals surface area contributed by atoms with E-state index in [1.165, 1.54) is 0 Å². The SMILES string of the molecule is O=Cc1ccc(Cl)c(C(=O)O)c1F. The van der Waals surface area contributed by atoms with Crippen molar-refractivity contribution in [2.24, 2.45) is 0 Å². The molecule has 0 amide bonds. The average Bonchev–Trinajstić information content (AvgIpc) is 2.04. The summed E-state index contributed by atoms with van der Waals surface area (Å²) in [6.45, 7) is 0. The summed E-state index contributed by atoms with van der Waals surface area (Å²) in [5, 5.41) is 8.30. The summed E-state index contributed by atoms with van der Waals surface area (Å²) in [7, 11) is 0. The van der Waals surface area contributed by atoms with Crippen molar-refractivity contribution in [1.29, 1.82) is 0 Å². The quantitative estimate of drug-likeness (QED) is 0.747. The molecule has 0 saturated carbocycles. The Morgan fingerprint density at radius 2 is 2.15 bits per heavy atom. The largest absolute Gasteiger partial charge is 0.478 e. The van der Waals surface area contributed by atoms with Gasteiger partial charge in [0, 0.05) is 0 Å². The minimum atomic E-state index is -1.49. The fourth-order valence-corrected chi connectivity index (χ4v) is 1.08. The first-order valence-corrected chi connectivity index (χ1v) is 3.62. The van der Waals surface area contributed by atoms with E-state index in [9.17, 15) is 14.0 Å². The zero-order chi connectivity index (χ0) is 10.0. The Hall–Kier alpha value is -1.42. The number of hydrogen-bond acceptors (Lipinski definition) is 2. The lowest BCUT2D eigenvalue weighted by molar-refractivity contribution is 0.0692. The fraction of sp³-hybridized carbons (Fsp3) is 0. The average molecular weight is 203 g/mol. The number of hydrogen-bond donors (Lipinski definition) is 1. The molecule has 0 atom stereocenters. The highest BCUT2D eigenvalue weighted by Crippen LogP contribution is 2.21. The molecule has 0 bridgehead atoms. The summed E-state index contributed by atoms with van der Waals surface area (Å²) in [6.07, 6.45) is 0.234. The topological polar surface area (TPSA) is 54.4 Å². The number of carboxylic acid groups (broad SMARTS) is 1. The molecule has 0 aliphatic heterocycles. The van der Waals surface area contributed by atoms with Crippen LogP contribution in [0.3, 0.4) is 0 Å². The van der Waals surface area contributed by atoms with E-state index in [0.717, 1.165) is 12.1 Å². The Morgan fingerprint density at radius 1 is 1.54 bits per heavy atom. The van der Waals surface area contributed by atoms with Crippen LogP contribution in [-0.4, -0.2) is 17.4 Å². The number of benzene rings is 1. The van der Waals surface area contributed by atoms with Crippen molar-refractivity contribution < 1.29 is 19.1 Å². The van der Waals surface area contributed by atoms with Crippen LogP contribution in [0.5, 0.6) is 0 Å². The molecule has 1 N–H and O–H groups in total. The molecule has 5 heteroatoms. The first kappa shape index (κ1) is 9.67. The maximum Gasteiger partial charge on any atom is 0.340 e. The molecule has 0 heterocycles. The predicted molar refractivity (Wildman–Crippen MR) is 43.8 cm³/mol. The second-order valence-electron chi connectivity index (χ2n) is 2.25. The monoisotopic (exact) mass is 202 g/mol. The van der Waals surface area contributed by atoms with Gasteiger partial charge in [-0.05, 0) is 12.1 Å². The lowest BCUT2D eigenvalue weighted by atomic mass is 10.1. The van der Waals surface area contributed by atoms with Crippen molar-refractivity contribution >= 4 is 23.9 Å². The predicted octanol–water partition coefficient (Wildman–Crippen LogP) is 1.99. The van der Waals surface area contributed by atoms with Crippen molar-refractivity contribution in [3.63, 3.8) is 0 Å². The lowest BCUT2D eigenvalue weighted by Gasteiger charge is -2.01. The number of aldehydes is 1. The zero-order valence-electron chi connectivity index (χ0n) is 6.25. The summed E-state index contributed by atoms with van der Waals surface area (Å²) in [4.78, 5) is 20.7. The third-order valence-corrected chi connectivity index (χ3v) is 1.78. The maximum absolute atomic E-state index is 13.1. The highest BCUT2D eigenvalue weighted by Gasteiger charge is 2.17. The molecule has 3 nitrogen and oxygen atoms in total. The molecule has 1 aromatic rings. The molecule has 0 spiro atoms. The Balaban J connectivity index is 3.47. The molecule has 0 unspecified atom stereocenters. The summed E-state index contributed by atoms with van der Waals surface area (Å²) in [5.41, 5.74) is -0.993. The third kappa shape index (κ3) is 1.67. The summed E-state index contributed by atoms with van der Waals surface area (Å²) in [5.74, 6) is -2.60. The van der Waals surface area contributed by atoms with Crippen LogP contribution in [0.2, 0.25) is 5.02 Å². The van der Waals surface area contributed by atoms with Gasteiger partial charge in [0.25, 0.3) is 0 Å². The maximum atomic E-state index is 13.1. The van der Waals surface area contributed by atoms with Crippen LogP contribution in [0.4, 0.5) is 4.39 Å². The van der Waals surface area contributed by atoms with Crippen LogP contribution in [0.15, 0.2) is 12.1 Å². The van der Waals surface area contributed by atoms with E-state index in [2.05, 4.69) is 0 Å². The molecule has 0 aliphatic carbocycles. The third-order valence-electron chi connectivity index (χ3n) is 1.46. The van der Waals surface area contributed by atoms with Gasteiger partial charge in [-0.2, -0.15) is 0 Å². The van der Waals surface area contributed by atoms with Gasteiger partial charge < -0.3 is 5.11 Å². The van der Waals surface area contributed by atoms with Crippen molar-refractivity contribution in [3.05, 3.63) is 34.1 Å². The molecular formula is C8H4ClFO3. The highest BCUT2D eigenvalue weighted by atomic mass is 35.5. The van der Waals surface area contributed by atoms with Crippen LogP contribution >= 0.6 is 11.6 Å². The van der Waals surface area contributed by atoms with E-state index >= 15 is 0 Å². The highest BCUT2D eigenvalue weighted by molar-refractivity contribution is 6.33. The Morgan fingerprint density at radius 3 is 2.62 bits per heavy atom. The van der Waals surface area contributed by atoms with Gasteiger partial charge >= 0.3 is 5.97 Å². The van der Waals surface area contributed by atoms with Gasteiger partial charge in [-0.3, -0.25) is 4.79 Å². The minimum absolute atomic E-state index is 0.226. The van der Waals surface area contributed by atoms with Crippen LogP contribution in [0.1, 0.15) is 20.7 Å². The van der Waals surface area contributed by atoms with Gasteiger partial charge in [0.05, 0.1) is 10.6 Å². The van der Waals surface area contributed by atoms with E-state index in [1.807, 2.05) is 0 Å². The molecule has 68 valence electrons. The Bertz CT molecular complexity index is 376. The van der Waals surface area contributed by atoms with Crippen LogP contribution in [0.25, 0.3) is 0 Å². The van der Waals surface area contributed by atoms with E-state index in [4.69, 9.17) is 16.7 Å². The van der Waals surface area contributed by atoms with Gasteiger partial charge in [-0.25, -0.2) is 9.18 Å². The molecule has 0 saturated heterocycles. The van der Waals surface area contributed by atoms with Crippen molar-refractivity contribution in [2.75, 3.05) is 0 Å². The Kier molecular flexibility index (Phi) is 2.63. The standard InChI is InChI=1S/C8H4ClFO3/c9-5-2-1-4(3-11)7(10)6(5)8(12)13/h1-3H,(H,12,13). The van der Waals surface area contributed by atoms with Crippen molar-refractivity contribution in [1.82, 2.24) is 0 Å². The first-order valence-electron chi connectivity index (χ1n) is 3.24. The second kappa shape index (κ2) is 3.53. The molecule has 0 aliphatic rings. The van der Waals surface area contributed by atoms with E-state index in [-0.39, 0.29) is 16.9 Å². The van der Waals surface area contributed by atoms with Crippen LogP contribution < -0.4 is 0 Å².